The van der Waals surface area contributed by atoms with Gasteiger partial charge in [0, 0.05) is 20.1 Å². The van der Waals surface area contributed by atoms with Crippen molar-refractivity contribution in [3.63, 3.8) is 0 Å². The third kappa shape index (κ3) is 4.31. The van der Waals surface area contributed by atoms with Crippen LogP contribution in [-0.4, -0.2) is 56.3 Å². The maximum Gasteiger partial charge on any atom is 0.248 e. The zero-order chi connectivity index (χ0) is 16.1. The van der Waals surface area contributed by atoms with Crippen molar-refractivity contribution in [1.29, 1.82) is 0 Å². The smallest absolute Gasteiger partial charge is 0.248 e. The SMILES string of the molecule is CNC(=O)[C@H]1C[C@@H]2CCN(CCOCc3ccccc3)C[C@H]2O1. The molecule has 1 amide bonds. The number of rotatable bonds is 6. The highest BCUT2D eigenvalue weighted by molar-refractivity contribution is 5.80. The van der Waals surface area contributed by atoms with E-state index in [1.807, 2.05) is 18.2 Å². The van der Waals surface area contributed by atoms with Crippen LogP contribution in [0.4, 0.5) is 0 Å². The molecule has 1 aromatic rings. The highest BCUT2D eigenvalue weighted by Crippen LogP contribution is 2.33. The minimum Gasteiger partial charge on any atom is -0.375 e. The molecule has 3 rings (SSSR count). The van der Waals surface area contributed by atoms with E-state index in [2.05, 4.69) is 22.3 Å². The van der Waals surface area contributed by atoms with Crippen molar-refractivity contribution in [2.45, 2.75) is 31.7 Å². The van der Waals surface area contributed by atoms with Crippen LogP contribution < -0.4 is 5.32 Å². The number of piperidine rings is 1. The number of carbonyl (C=O) groups is 1. The van der Waals surface area contributed by atoms with Crippen LogP contribution in [-0.2, 0) is 20.9 Å². The Morgan fingerprint density at radius 3 is 3.00 bits per heavy atom. The van der Waals surface area contributed by atoms with Crippen LogP contribution in [0.3, 0.4) is 0 Å². The summed E-state index contributed by atoms with van der Waals surface area (Å²) in [5.74, 6) is 0.538. The van der Waals surface area contributed by atoms with Crippen molar-refractivity contribution in [1.82, 2.24) is 10.2 Å². The number of hydrogen-bond acceptors (Lipinski definition) is 4. The second-order valence-corrected chi connectivity index (χ2v) is 6.40. The fourth-order valence-corrected chi connectivity index (χ4v) is 3.49. The Bertz CT molecular complexity index is 508. The minimum absolute atomic E-state index is 0.0112. The zero-order valence-electron chi connectivity index (χ0n) is 13.7. The summed E-state index contributed by atoms with van der Waals surface area (Å²) in [6.45, 7) is 4.29. The summed E-state index contributed by atoms with van der Waals surface area (Å²) in [4.78, 5) is 14.1. The van der Waals surface area contributed by atoms with Gasteiger partial charge in [-0.3, -0.25) is 9.69 Å². The van der Waals surface area contributed by atoms with Crippen molar-refractivity contribution in [3.05, 3.63) is 35.9 Å². The summed E-state index contributed by atoms with van der Waals surface area (Å²) in [6, 6.07) is 10.2. The molecule has 2 heterocycles. The molecule has 2 aliphatic heterocycles. The number of benzene rings is 1. The van der Waals surface area contributed by atoms with Crippen LogP contribution in [0.2, 0.25) is 0 Å². The van der Waals surface area contributed by atoms with E-state index in [1.165, 1.54) is 5.56 Å². The van der Waals surface area contributed by atoms with Crippen LogP contribution in [0.5, 0.6) is 0 Å². The molecule has 3 atom stereocenters. The Labute approximate surface area is 137 Å². The van der Waals surface area contributed by atoms with Gasteiger partial charge in [0.25, 0.3) is 0 Å². The van der Waals surface area contributed by atoms with Gasteiger partial charge in [-0.25, -0.2) is 0 Å². The third-order valence-electron chi connectivity index (χ3n) is 4.84. The molecule has 0 aromatic heterocycles. The van der Waals surface area contributed by atoms with Gasteiger partial charge < -0.3 is 14.8 Å². The first kappa shape index (κ1) is 16.4. The van der Waals surface area contributed by atoms with Crippen LogP contribution >= 0.6 is 0 Å². The van der Waals surface area contributed by atoms with Gasteiger partial charge in [-0.05, 0) is 30.9 Å². The van der Waals surface area contributed by atoms with Crippen molar-refractivity contribution in [2.75, 3.05) is 33.3 Å². The zero-order valence-corrected chi connectivity index (χ0v) is 13.7. The number of hydrogen-bond donors (Lipinski definition) is 1. The Morgan fingerprint density at radius 2 is 2.22 bits per heavy atom. The first-order valence-corrected chi connectivity index (χ1v) is 8.47. The quantitative estimate of drug-likeness (QED) is 0.806. The summed E-state index contributed by atoms with van der Waals surface area (Å²) in [5.41, 5.74) is 1.21. The van der Waals surface area contributed by atoms with Gasteiger partial charge in [0.1, 0.15) is 6.10 Å². The molecule has 0 unspecified atom stereocenters. The molecule has 2 aliphatic rings. The molecule has 5 heteroatoms. The van der Waals surface area contributed by atoms with Gasteiger partial charge in [-0.15, -0.1) is 0 Å². The second-order valence-electron chi connectivity index (χ2n) is 6.40. The van der Waals surface area contributed by atoms with Crippen molar-refractivity contribution < 1.29 is 14.3 Å². The molecule has 0 bridgehead atoms. The van der Waals surface area contributed by atoms with E-state index in [1.54, 1.807) is 7.05 Å². The van der Waals surface area contributed by atoms with Crippen LogP contribution in [0.1, 0.15) is 18.4 Å². The first-order valence-electron chi connectivity index (χ1n) is 8.47. The lowest BCUT2D eigenvalue weighted by atomic mass is 9.91. The second kappa shape index (κ2) is 7.90. The van der Waals surface area contributed by atoms with E-state index in [9.17, 15) is 4.79 Å². The number of likely N-dealkylation sites (N-methyl/N-ethyl adjacent to an activating group) is 1. The molecule has 5 nitrogen and oxygen atoms in total. The molecule has 0 saturated carbocycles. The van der Waals surface area contributed by atoms with E-state index in [-0.39, 0.29) is 18.1 Å². The topological polar surface area (TPSA) is 50.8 Å². The fraction of sp³-hybridized carbons (Fsp3) is 0.611. The maximum absolute atomic E-state index is 11.7. The number of amides is 1. The summed E-state index contributed by atoms with van der Waals surface area (Å²) in [5, 5.41) is 2.69. The summed E-state index contributed by atoms with van der Waals surface area (Å²) >= 11 is 0. The summed E-state index contributed by atoms with van der Waals surface area (Å²) in [7, 11) is 1.67. The minimum atomic E-state index is -0.260. The highest BCUT2D eigenvalue weighted by atomic mass is 16.5. The molecule has 2 fully saturated rings. The lowest BCUT2D eigenvalue weighted by Crippen LogP contribution is -2.43. The van der Waals surface area contributed by atoms with Crippen molar-refractivity contribution >= 4 is 5.91 Å². The molecule has 23 heavy (non-hydrogen) atoms. The number of fused-ring (bicyclic) bond motifs is 1. The lowest BCUT2D eigenvalue weighted by molar-refractivity contribution is -0.132. The van der Waals surface area contributed by atoms with Gasteiger partial charge in [0.2, 0.25) is 5.91 Å². The normalized spacial score (nSPS) is 27.6. The number of ether oxygens (including phenoxy) is 2. The van der Waals surface area contributed by atoms with Gasteiger partial charge >= 0.3 is 0 Å². The van der Waals surface area contributed by atoms with Gasteiger partial charge in [-0.1, -0.05) is 30.3 Å². The Hall–Kier alpha value is -1.43. The molecular formula is C18H26N2O3. The largest absolute Gasteiger partial charge is 0.375 e. The van der Waals surface area contributed by atoms with Gasteiger partial charge in [0.15, 0.2) is 0 Å². The predicted octanol–water partition coefficient (Wildman–Crippen LogP) is 1.43. The fourth-order valence-electron chi connectivity index (χ4n) is 3.49. The number of nitrogens with zero attached hydrogens (tertiary/aromatic N) is 1. The van der Waals surface area contributed by atoms with Crippen LogP contribution in [0, 0.1) is 5.92 Å². The Kier molecular flexibility index (Phi) is 5.65. The van der Waals surface area contributed by atoms with Crippen molar-refractivity contribution in [2.24, 2.45) is 5.92 Å². The Balaban J connectivity index is 1.37. The molecule has 0 radical (unpaired) electrons. The standard InChI is InChI=1S/C18H26N2O3/c1-19-18(21)16-11-15-7-8-20(12-17(15)23-16)9-10-22-13-14-5-3-2-4-6-14/h2-6,15-17H,7-13H2,1H3,(H,19,21)/t15-,16+,17+/m0/s1. The van der Waals surface area contributed by atoms with E-state index in [4.69, 9.17) is 9.47 Å². The predicted molar refractivity (Wildman–Crippen MR) is 88.0 cm³/mol. The summed E-state index contributed by atoms with van der Waals surface area (Å²) in [6.07, 6.45) is 1.91. The molecule has 1 N–H and O–H groups in total. The van der Waals surface area contributed by atoms with Crippen LogP contribution in [0.15, 0.2) is 30.3 Å². The number of likely N-dealkylation sites (tertiary alicyclic amines) is 1. The van der Waals surface area contributed by atoms with Gasteiger partial charge in [-0.2, -0.15) is 0 Å². The van der Waals surface area contributed by atoms with Crippen LogP contribution in [0.25, 0.3) is 0 Å². The molecule has 126 valence electrons. The van der Waals surface area contributed by atoms with E-state index in [0.29, 0.717) is 12.5 Å². The first-order chi connectivity index (χ1) is 11.3. The van der Waals surface area contributed by atoms with Gasteiger partial charge in [0.05, 0.1) is 19.3 Å². The highest BCUT2D eigenvalue weighted by Gasteiger charge is 2.41. The van der Waals surface area contributed by atoms with E-state index < -0.39 is 0 Å². The Morgan fingerprint density at radius 1 is 1.39 bits per heavy atom. The van der Waals surface area contributed by atoms with E-state index >= 15 is 0 Å². The summed E-state index contributed by atoms with van der Waals surface area (Å²) < 4.78 is 11.7. The molecule has 2 saturated heterocycles. The van der Waals surface area contributed by atoms with Crippen molar-refractivity contribution in [3.8, 4) is 0 Å². The molecular weight excluding hydrogens is 292 g/mol. The lowest BCUT2D eigenvalue weighted by Gasteiger charge is -2.33. The van der Waals surface area contributed by atoms with E-state index in [0.717, 1.165) is 39.1 Å². The number of carbonyl (C=O) groups excluding carboxylic acids is 1. The molecule has 1 aromatic carbocycles. The molecule has 0 aliphatic carbocycles. The number of nitrogens with one attached hydrogen (secondary N) is 1. The third-order valence-corrected chi connectivity index (χ3v) is 4.84. The maximum atomic E-state index is 11.7. The average Bonchev–Trinajstić information content (AvgIpc) is 3.02. The monoisotopic (exact) mass is 318 g/mol. The average molecular weight is 318 g/mol. The molecule has 0 spiro atoms.